The molecule has 0 bridgehead atoms. The van der Waals surface area contributed by atoms with Gasteiger partial charge in [-0.25, -0.2) is 4.98 Å². The molecule has 25 heavy (non-hydrogen) atoms. The highest BCUT2D eigenvalue weighted by Gasteiger charge is 2.12. The van der Waals surface area contributed by atoms with Gasteiger partial charge in [0, 0.05) is 18.0 Å². The van der Waals surface area contributed by atoms with Crippen LogP contribution in [0.5, 0.6) is 0 Å². The molecule has 2 N–H and O–H groups in total. The zero-order chi connectivity index (χ0) is 17.5. The molecule has 0 saturated carbocycles. The Labute approximate surface area is 148 Å². The van der Waals surface area contributed by atoms with Gasteiger partial charge in [0.15, 0.2) is 10.9 Å². The van der Waals surface area contributed by atoms with E-state index in [1.54, 1.807) is 18.3 Å². The van der Waals surface area contributed by atoms with Crippen LogP contribution in [0.15, 0.2) is 52.6 Å². The molecule has 3 rings (SSSR count). The maximum atomic E-state index is 11.9. The number of furan rings is 1. The first-order valence-corrected chi connectivity index (χ1v) is 8.54. The monoisotopic (exact) mass is 356 g/mol. The van der Waals surface area contributed by atoms with E-state index in [0.29, 0.717) is 24.5 Å². The van der Waals surface area contributed by atoms with Crippen molar-refractivity contribution in [3.8, 4) is 0 Å². The van der Waals surface area contributed by atoms with Crippen LogP contribution in [-0.2, 0) is 17.8 Å². The summed E-state index contributed by atoms with van der Waals surface area (Å²) < 4.78 is 5.02. The van der Waals surface area contributed by atoms with Crippen LogP contribution >= 0.6 is 11.3 Å². The van der Waals surface area contributed by atoms with E-state index in [-0.39, 0.29) is 17.6 Å². The first-order chi connectivity index (χ1) is 12.2. The molecule has 7 nitrogen and oxygen atoms in total. The fraction of sp³-hybridized carbons (Fsp3) is 0.176. The second kappa shape index (κ2) is 8.20. The molecule has 0 aliphatic rings. The molecule has 0 atom stereocenters. The first-order valence-electron chi connectivity index (χ1n) is 7.66. The van der Waals surface area contributed by atoms with Crippen LogP contribution in [0, 0.1) is 0 Å². The largest absolute Gasteiger partial charge is 0.459 e. The molecule has 3 aromatic rings. The van der Waals surface area contributed by atoms with E-state index < -0.39 is 0 Å². The topological polar surface area (TPSA) is 97.1 Å². The van der Waals surface area contributed by atoms with Crippen LogP contribution in [0.2, 0.25) is 0 Å². The number of aromatic nitrogens is 2. The van der Waals surface area contributed by atoms with Gasteiger partial charge in [-0.3, -0.25) is 19.9 Å². The van der Waals surface area contributed by atoms with E-state index in [1.165, 1.54) is 17.6 Å². The van der Waals surface area contributed by atoms with Gasteiger partial charge < -0.3 is 9.73 Å². The van der Waals surface area contributed by atoms with Crippen LogP contribution in [0.3, 0.4) is 0 Å². The number of hydrogen-bond acceptors (Lipinski definition) is 6. The number of aryl methyl sites for hydroxylation is 1. The molecule has 0 spiro atoms. The third kappa shape index (κ3) is 4.98. The van der Waals surface area contributed by atoms with Crippen molar-refractivity contribution < 1.29 is 14.0 Å². The van der Waals surface area contributed by atoms with E-state index in [1.807, 2.05) is 23.6 Å². The molecule has 0 unspecified atom stereocenters. The van der Waals surface area contributed by atoms with Crippen molar-refractivity contribution in [2.24, 2.45) is 0 Å². The molecule has 3 heterocycles. The molecule has 8 heteroatoms. The number of anilines is 1. The van der Waals surface area contributed by atoms with Crippen molar-refractivity contribution in [2.45, 2.75) is 19.4 Å². The number of nitrogens with zero attached hydrogens (tertiary/aromatic N) is 2. The summed E-state index contributed by atoms with van der Waals surface area (Å²) >= 11 is 1.31. The van der Waals surface area contributed by atoms with Crippen molar-refractivity contribution in [1.82, 2.24) is 15.3 Å². The Balaban J connectivity index is 1.43. The number of carbonyl (C=O) groups is 2. The molecule has 0 radical (unpaired) electrons. The number of amides is 2. The Hall–Kier alpha value is -3.00. The summed E-state index contributed by atoms with van der Waals surface area (Å²) in [7, 11) is 0. The minimum Gasteiger partial charge on any atom is -0.459 e. The van der Waals surface area contributed by atoms with Crippen molar-refractivity contribution in [2.75, 3.05) is 5.32 Å². The predicted octanol–water partition coefficient (Wildman–Crippen LogP) is 2.63. The molecule has 0 aliphatic heterocycles. The van der Waals surface area contributed by atoms with E-state index in [9.17, 15) is 9.59 Å². The van der Waals surface area contributed by atoms with E-state index in [2.05, 4.69) is 20.6 Å². The quantitative estimate of drug-likeness (QED) is 0.678. The summed E-state index contributed by atoms with van der Waals surface area (Å²) in [6.07, 6.45) is 3.95. The van der Waals surface area contributed by atoms with Crippen molar-refractivity contribution in [3.05, 3.63) is 65.3 Å². The lowest BCUT2D eigenvalue weighted by molar-refractivity contribution is -0.121. The molecule has 0 saturated heterocycles. The number of carbonyl (C=O) groups excluding carboxylic acids is 2. The highest BCUT2D eigenvalue weighted by molar-refractivity contribution is 7.13. The second-order valence-electron chi connectivity index (χ2n) is 5.17. The Kier molecular flexibility index (Phi) is 5.53. The van der Waals surface area contributed by atoms with Gasteiger partial charge >= 0.3 is 0 Å². The van der Waals surface area contributed by atoms with Crippen molar-refractivity contribution >= 4 is 28.3 Å². The van der Waals surface area contributed by atoms with Crippen molar-refractivity contribution in [1.29, 1.82) is 0 Å². The standard InChI is InChI=1S/C17H16N4O3S/c22-15(19-10-12-4-1-2-8-18-12)7-6-13-11-25-17(20-13)21-16(23)14-5-3-9-24-14/h1-5,8-9,11H,6-7,10H2,(H,19,22)(H,20,21,23). The van der Waals surface area contributed by atoms with Gasteiger partial charge in [0.1, 0.15) is 0 Å². The van der Waals surface area contributed by atoms with Crippen LogP contribution in [0.4, 0.5) is 5.13 Å². The molecule has 0 aromatic carbocycles. The first kappa shape index (κ1) is 16.8. The van der Waals surface area contributed by atoms with Crippen LogP contribution in [0.25, 0.3) is 0 Å². The number of nitrogens with one attached hydrogen (secondary N) is 2. The normalized spacial score (nSPS) is 10.4. The summed E-state index contributed by atoms with van der Waals surface area (Å²) in [4.78, 5) is 32.2. The zero-order valence-electron chi connectivity index (χ0n) is 13.3. The Bertz CT molecular complexity index is 831. The Morgan fingerprint density at radius 3 is 2.84 bits per heavy atom. The molecule has 128 valence electrons. The number of pyridine rings is 1. The number of thiazole rings is 1. The molecule has 3 aromatic heterocycles. The predicted molar refractivity (Wildman–Crippen MR) is 93.2 cm³/mol. The van der Waals surface area contributed by atoms with Crippen LogP contribution in [0.1, 0.15) is 28.4 Å². The zero-order valence-corrected chi connectivity index (χ0v) is 14.1. The van der Waals surface area contributed by atoms with Crippen LogP contribution in [-0.4, -0.2) is 21.8 Å². The third-order valence-electron chi connectivity index (χ3n) is 3.32. The van der Waals surface area contributed by atoms with Gasteiger partial charge in [-0.1, -0.05) is 6.07 Å². The minimum absolute atomic E-state index is 0.0696. The maximum absolute atomic E-state index is 11.9. The SMILES string of the molecule is O=C(CCc1csc(NC(=O)c2ccco2)n1)NCc1ccccn1. The van der Waals surface area contributed by atoms with Gasteiger partial charge in [-0.05, 0) is 30.7 Å². The van der Waals surface area contributed by atoms with Gasteiger partial charge in [-0.2, -0.15) is 0 Å². The highest BCUT2D eigenvalue weighted by atomic mass is 32.1. The fourth-order valence-corrected chi connectivity index (χ4v) is 2.81. The number of hydrogen-bond donors (Lipinski definition) is 2. The Morgan fingerprint density at radius 1 is 1.16 bits per heavy atom. The molecule has 0 fully saturated rings. The van der Waals surface area contributed by atoms with Gasteiger partial charge in [0.05, 0.1) is 24.2 Å². The molecule has 2 amide bonds. The average Bonchev–Trinajstić information content (AvgIpc) is 3.31. The van der Waals surface area contributed by atoms with Gasteiger partial charge in [0.2, 0.25) is 5.91 Å². The summed E-state index contributed by atoms with van der Waals surface area (Å²) in [6, 6.07) is 8.79. The van der Waals surface area contributed by atoms with E-state index in [4.69, 9.17) is 4.42 Å². The van der Waals surface area contributed by atoms with Gasteiger partial charge in [-0.15, -0.1) is 11.3 Å². The summed E-state index contributed by atoms with van der Waals surface area (Å²) in [6.45, 7) is 0.404. The van der Waals surface area contributed by atoms with Crippen molar-refractivity contribution in [3.63, 3.8) is 0 Å². The Morgan fingerprint density at radius 2 is 2.08 bits per heavy atom. The van der Waals surface area contributed by atoms with E-state index in [0.717, 1.165) is 11.4 Å². The summed E-state index contributed by atoms with van der Waals surface area (Å²) in [5, 5.41) is 7.78. The van der Waals surface area contributed by atoms with E-state index >= 15 is 0 Å². The smallest absolute Gasteiger partial charge is 0.293 e. The van der Waals surface area contributed by atoms with Gasteiger partial charge in [0.25, 0.3) is 5.91 Å². The van der Waals surface area contributed by atoms with Crippen LogP contribution < -0.4 is 10.6 Å². The molecular weight excluding hydrogens is 340 g/mol. The number of rotatable bonds is 7. The molecular formula is C17H16N4O3S. The minimum atomic E-state index is -0.348. The lowest BCUT2D eigenvalue weighted by atomic mass is 10.2. The maximum Gasteiger partial charge on any atom is 0.293 e. The molecule has 0 aliphatic carbocycles. The average molecular weight is 356 g/mol. The third-order valence-corrected chi connectivity index (χ3v) is 4.12. The lowest BCUT2D eigenvalue weighted by Crippen LogP contribution is -2.23. The highest BCUT2D eigenvalue weighted by Crippen LogP contribution is 2.17. The summed E-state index contributed by atoms with van der Waals surface area (Å²) in [5.41, 5.74) is 1.57. The second-order valence-corrected chi connectivity index (χ2v) is 6.03. The fourth-order valence-electron chi connectivity index (χ4n) is 2.07. The lowest BCUT2D eigenvalue weighted by Gasteiger charge is -2.03. The summed E-state index contributed by atoms with van der Waals surface area (Å²) in [5.74, 6) is -0.190.